The van der Waals surface area contributed by atoms with Crippen molar-refractivity contribution in [2.45, 2.75) is 0 Å². The maximum atomic E-state index is 10.8. The van der Waals surface area contributed by atoms with Gasteiger partial charge in [-0.05, 0) is 32.5 Å². The Balaban J connectivity index is 2.61. The van der Waals surface area contributed by atoms with Crippen molar-refractivity contribution in [3.63, 3.8) is 0 Å². The highest BCUT2D eigenvalue weighted by Crippen LogP contribution is 2.05. The van der Waals surface area contributed by atoms with Crippen LogP contribution in [0, 0.1) is 10.4 Å². The van der Waals surface area contributed by atoms with E-state index < -0.39 is 5.97 Å². The third-order valence-electron chi connectivity index (χ3n) is 2.95. The van der Waals surface area contributed by atoms with Crippen molar-refractivity contribution in [1.82, 2.24) is 0 Å². The first kappa shape index (κ1) is 9.85. The Morgan fingerprint density at radius 3 is 2.71 bits per heavy atom. The smallest absolute Gasteiger partial charge is 0.328 e. The maximum absolute atomic E-state index is 10.8. The predicted octanol–water partition coefficient (Wildman–Crippen LogP) is 0.981. The summed E-state index contributed by atoms with van der Waals surface area (Å²) in [7, 11) is 0. The zero-order chi connectivity index (χ0) is 11.8. The van der Waals surface area contributed by atoms with Crippen LogP contribution < -0.4 is 10.4 Å². The van der Waals surface area contributed by atoms with Gasteiger partial charge in [0.1, 0.15) is 0 Å². The quantitative estimate of drug-likeness (QED) is 0.666. The SMILES string of the molecule is O=C(O)C=c1cccc2c1=c1ccccc1=C2. The van der Waals surface area contributed by atoms with Crippen LogP contribution in [-0.4, -0.2) is 11.1 Å². The van der Waals surface area contributed by atoms with E-state index >= 15 is 0 Å². The number of rotatable bonds is 1. The van der Waals surface area contributed by atoms with E-state index in [0.717, 1.165) is 26.4 Å². The zero-order valence-electron chi connectivity index (χ0n) is 9.05. The molecule has 2 nitrogen and oxygen atoms in total. The van der Waals surface area contributed by atoms with Crippen LogP contribution in [0.4, 0.5) is 0 Å². The molecule has 0 saturated carbocycles. The van der Waals surface area contributed by atoms with Crippen molar-refractivity contribution in [2.24, 2.45) is 0 Å². The lowest BCUT2D eigenvalue weighted by Gasteiger charge is -1.92. The molecule has 0 fully saturated rings. The molecule has 0 aliphatic heterocycles. The number of carboxylic acid groups (broad SMARTS) is 1. The topological polar surface area (TPSA) is 37.3 Å². The lowest BCUT2D eigenvalue weighted by molar-refractivity contribution is -0.129. The fraction of sp³-hybridized carbons (Fsp3) is 0. The van der Waals surface area contributed by atoms with Gasteiger partial charge in [-0.25, -0.2) is 4.79 Å². The molecule has 1 aliphatic carbocycles. The van der Waals surface area contributed by atoms with Crippen LogP contribution in [0.1, 0.15) is 5.56 Å². The van der Waals surface area contributed by atoms with E-state index in [-0.39, 0.29) is 0 Å². The van der Waals surface area contributed by atoms with Crippen molar-refractivity contribution in [2.75, 3.05) is 0 Å². The van der Waals surface area contributed by atoms with Gasteiger partial charge < -0.3 is 5.11 Å². The molecule has 0 unspecified atom stereocenters. The van der Waals surface area contributed by atoms with E-state index in [1.807, 2.05) is 42.5 Å². The molecule has 0 spiro atoms. The van der Waals surface area contributed by atoms with Crippen molar-refractivity contribution >= 4 is 18.1 Å². The third-order valence-corrected chi connectivity index (χ3v) is 2.95. The number of hydrogen-bond acceptors (Lipinski definition) is 1. The van der Waals surface area contributed by atoms with Gasteiger partial charge in [-0.3, -0.25) is 0 Å². The van der Waals surface area contributed by atoms with Gasteiger partial charge in [-0.2, -0.15) is 0 Å². The number of fused-ring (bicyclic) bond motifs is 2. The summed E-state index contributed by atoms with van der Waals surface area (Å²) in [6, 6.07) is 13.8. The van der Waals surface area contributed by atoms with E-state index in [4.69, 9.17) is 5.11 Å². The second kappa shape index (κ2) is 3.59. The Kier molecular flexibility index (Phi) is 2.08. The Hall–Kier alpha value is -2.35. The number of aliphatic carboxylic acids is 1. The number of carbonyl (C=O) groups is 1. The van der Waals surface area contributed by atoms with Gasteiger partial charge in [-0.1, -0.05) is 42.5 Å². The molecule has 0 aromatic heterocycles. The highest BCUT2D eigenvalue weighted by Gasteiger charge is 2.02. The van der Waals surface area contributed by atoms with Gasteiger partial charge in [0.15, 0.2) is 0 Å². The summed E-state index contributed by atoms with van der Waals surface area (Å²) < 4.78 is 0. The van der Waals surface area contributed by atoms with E-state index in [2.05, 4.69) is 6.08 Å². The average molecular weight is 222 g/mol. The van der Waals surface area contributed by atoms with Crippen LogP contribution in [0.2, 0.25) is 0 Å². The van der Waals surface area contributed by atoms with Gasteiger partial charge in [0.05, 0.1) is 0 Å². The standard InChI is InChI=1S/C15H10O2/c16-14(17)9-12-6-3-5-11-8-10-4-1-2-7-13(10)15(11)12/h1-9H,(H,16,17). The molecule has 82 valence electrons. The Labute approximate surface area is 97.5 Å². The van der Waals surface area contributed by atoms with Gasteiger partial charge >= 0.3 is 5.97 Å². The molecule has 1 N–H and O–H groups in total. The van der Waals surface area contributed by atoms with Gasteiger partial charge in [0.25, 0.3) is 0 Å². The zero-order valence-corrected chi connectivity index (χ0v) is 9.05. The van der Waals surface area contributed by atoms with Crippen LogP contribution in [0.3, 0.4) is 0 Å². The molecule has 0 heterocycles. The van der Waals surface area contributed by atoms with E-state index in [1.54, 1.807) is 0 Å². The highest BCUT2D eigenvalue weighted by atomic mass is 16.4. The van der Waals surface area contributed by atoms with Crippen LogP contribution in [0.15, 0.2) is 42.5 Å². The molecule has 0 bridgehead atoms. The van der Waals surface area contributed by atoms with Crippen molar-refractivity contribution in [3.05, 3.63) is 68.9 Å². The van der Waals surface area contributed by atoms with Crippen molar-refractivity contribution in [3.8, 4) is 0 Å². The maximum Gasteiger partial charge on any atom is 0.328 e. The highest BCUT2D eigenvalue weighted by molar-refractivity contribution is 5.98. The van der Waals surface area contributed by atoms with E-state index in [1.165, 1.54) is 6.08 Å². The molecule has 0 radical (unpaired) electrons. The van der Waals surface area contributed by atoms with Gasteiger partial charge in [0.2, 0.25) is 0 Å². The van der Waals surface area contributed by atoms with Gasteiger partial charge in [-0.15, -0.1) is 0 Å². The van der Waals surface area contributed by atoms with E-state index in [9.17, 15) is 4.79 Å². The lowest BCUT2D eigenvalue weighted by atomic mass is 10.1. The summed E-state index contributed by atoms with van der Waals surface area (Å²) >= 11 is 0. The monoisotopic (exact) mass is 222 g/mol. The van der Waals surface area contributed by atoms with Gasteiger partial charge in [0, 0.05) is 6.08 Å². The van der Waals surface area contributed by atoms with Crippen LogP contribution in [0.25, 0.3) is 12.2 Å². The first-order valence-corrected chi connectivity index (χ1v) is 5.40. The fourth-order valence-electron chi connectivity index (χ4n) is 2.29. The molecule has 1 aliphatic rings. The average Bonchev–Trinajstić information content (AvgIpc) is 2.67. The minimum Gasteiger partial charge on any atom is -0.478 e. The predicted molar refractivity (Wildman–Crippen MR) is 65.5 cm³/mol. The second-order valence-corrected chi connectivity index (χ2v) is 4.03. The molecule has 2 heteroatoms. The summed E-state index contributed by atoms with van der Waals surface area (Å²) in [5.41, 5.74) is 1.08. The molecule has 3 rings (SSSR count). The number of benzene rings is 2. The summed E-state index contributed by atoms with van der Waals surface area (Å²) in [6.07, 6.45) is 3.35. The first-order chi connectivity index (χ1) is 8.25. The summed E-state index contributed by atoms with van der Waals surface area (Å²) in [4.78, 5) is 10.8. The van der Waals surface area contributed by atoms with E-state index in [0.29, 0.717) is 0 Å². The van der Waals surface area contributed by atoms with Crippen molar-refractivity contribution in [1.29, 1.82) is 0 Å². The summed E-state index contributed by atoms with van der Waals surface area (Å²) in [6.45, 7) is 0. The third kappa shape index (κ3) is 1.54. The van der Waals surface area contributed by atoms with Crippen LogP contribution in [0.5, 0.6) is 0 Å². The summed E-state index contributed by atoms with van der Waals surface area (Å²) in [5, 5.41) is 12.9. The number of carboxylic acids is 1. The molecule has 2 aromatic rings. The first-order valence-electron chi connectivity index (χ1n) is 5.40. The normalized spacial score (nSPS) is 12.8. The Morgan fingerprint density at radius 2 is 1.88 bits per heavy atom. The van der Waals surface area contributed by atoms with Crippen molar-refractivity contribution < 1.29 is 9.90 Å². The Bertz CT molecular complexity index is 817. The molecular formula is C15H10O2. The number of hydrogen-bond donors (Lipinski definition) is 1. The second-order valence-electron chi connectivity index (χ2n) is 4.03. The minimum atomic E-state index is -0.914. The molecule has 2 aromatic carbocycles. The molecule has 17 heavy (non-hydrogen) atoms. The van der Waals surface area contributed by atoms with Crippen LogP contribution in [-0.2, 0) is 4.79 Å². The molecule has 0 atom stereocenters. The van der Waals surface area contributed by atoms with Crippen LogP contribution >= 0.6 is 0 Å². The minimum absolute atomic E-state index is 0.760. The fourth-order valence-corrected chi connectivity index (χ4v) is 2.29. The molecule has 0 saturated heterocycles. The molecule has 0 amide bonds. The lowest BCUT2D eigenvalue weighted by Crippen LogP contribution is -2.08. The molecular weight excluding hydrogens is 212 g/mol. The summed E-state index contributed by atoms with van der Waals surface area (Å²) in [5.74, 6) is -0.914. The Morgan fingerprint density at radius 1 is 1.06 bits per heavy atom. The largest absolute Gasteiger partial charge is 0.478 e.